The van der Waals surface area contributed by atoms with Crippen LogP contribution in [0.5, 0.6) is 0 Å². The van der Waals surface area contributed by atoms with Crippen molar-refractivity contribution < 1.29 is 50.6 Å². The van der Waals surface area contributed by atoms with Gasteiger partial charge < -0.3 is 48.5 Å². The third-order valence-corrected chi connectivity index (χ3v) is 5.25. The van der Waals surface area contributed by atoms with Crippen LogP contribution in [0.1, 0.15) is 59.3 Å². The minimum Gasteiger partial charge on any atom is -1.00 e. The molecule has 0 bridgehead atoms. The van der Waals surface area contributed by atoms with Crippen LogP contribution in [0.3, 0.4) is 0 Å². The van der Waals surface area contributed by atoms with Gasteiger partial charge in [-0.15, -0.1) is 0 Å². The van der Waals surface area contributed by atoms with Gasteiger partial charge in [0.15, 0.2) is 5.79 Å². The zero-order chi connectivity index (χ0) is 20.5. The predicted molar refractivity (Wildman–Crippen MR) is 112 cm³/mol. The number of esters is 1. The van der Waals surface area contributed by atoms with Crippen LogP contribution in [0.4, 0.5) is 0 Å². The van der Waals surface area contributed by atoms with Crippen LogP contribution in [0, 0.1) is 19.3 Å². The average molecular weight is 508 g/mol. The quantitative estimate of drug-likeness (QED) is 0.233. The molecular formula is C21H39BrMgO7. The van der Waals surface area contributed by atoms with Crippen molar-refractivity contribution in [2.45, 2.75) is 70.7 Å². The van der Waals surface area contributed by atoms with Crippen molar-refractivity contribution in [3.8, 4) is 0 Å². The summed E-state index contributed by atoms with van der Waals surface area (Å²) in [6, 6.07) is 0. The molecule has 0 unspecified atom stereocenters. The second-order valence-electron chi connectivity index (χ2n) is 7.79. The molecule has 0 aromatic heterocycles. The number of carbonyl (C=O) groups is 2. The fourth-order valence-electron chi connectivity index (χ4n) is 3.03. The second-order valence-corrected chi connectivity index (χ2v) is 7.79. The van der Waals surface area contributed by atoms with Crippen molar-refractivity contribution >= 4 is 34.8 Å². The number of Topliss-reactive ketones (excluding diaryl/α,β-unsaturated/α-hetero) is 1. The van der Waals surface area contributed by atoms with Gasteiger partial charge in [-0.1, -0.05) is 0 Å². The molecule has 9 heteroatoms. The zero-order valence-electron chi connectivity index (χ0n) is 19.5. The summed E-state index contributed by atoms with van der Waals surface area (Å²) < 4.78 is 20.1. The number of carbonyl (C=O) groups excluding carboxylic acids is 2. The fraction of sp³-hybridized carbons (Fsp3) is 0.857. The summed E-state index contributed by atoms with van der Waals surface area (Å²) in [5, 5.41) is 9.30. The molecule has 0 spiro atoms. The molecule has 1 N–H and O–H groups in total. The van der Waals surface area contributed by atoms with E-state index in [0.717, 1.165) is 13.2 Å². The van der Waals surface area contributed by atoms with Crippen LogP contribution in [0.25, 0.3) is 0 Å². The number of ether oxygens (including phenoxy) is 4. The molecule has 1 aliphatic heterocycles. The Labute approximate surface area is 208 Å². The van der Waals surface area contributed by atoms with Crippen molar-refractivity contribution in [3.05, 3.63) is 7.43 Å². The van der Waals surface area contributed by atoms with Gasteiger partial charge in [-0.2, -0.15) is 0 Å². The number of halogens is 1. The molecule has 3 aliphatic rings. The van der Waals surface area contributed by atoms with E-state index in [1.54, 1.807) is 35.0 Å². The summed E-state index contributed by atoms with van der Waals surface area (Å²) >= 11 is 0. The SMILES string of the molecule is C1CCOC1.CC(C)(O)C1CC(=O)C1.CCOC(=O)C1CC(OC)(OC)C1.[Br-].[CH3-].[Mg+2]. The Morgan fingerprint density at radius 3 is 1.87 bits per heavy atom. The number of hydrogen-bond acceptors (Lipinski definition) is 7. The largest absolute Gasteiger partial charge is 2.00 e. The maximum absolute atomic E-state index is 11.2. The van der Waals surface area contributed by atoms with Crippen LogP contribution < -0.4 is 17.0 Å². The number of aliphatic hydroxyl groups is 1. The Morgan fingerprint density at radius 2 is 1.63 bits per heavy atom. The summed E-state index contributed by atoms with van der Waals surface area (Å²) in [5.74, 6) is -0.253. The van der Waals surface area contributed by atoms with Crippen LogP contribution >= 0.6 is 0 Å². The van der Waals surface area contributed by atoms with Gasteiger partial charge in [-0.3, -0.25) is 9.59 Å². The Balaban J connectivity index is -0.000000376. The molecule has 3 fully saturated rings. The van der Waals surface area contributed by atoms with Gasteiger partial charge in [0.05, 0.1) is 18.1 Å². The van der Waals surface area contributed by atoms with Crippen molar-refractivity contribution in [3.63, 3.8) is 0 Å². The molecule has 2 aliphatic carbocycles. The summed E-state index contributed by atoms with van der Waals surface area (Å²) in [5.41, 5.74) is -0.645. The minimum atomic E-state index is -0.645. The predicted octanol–water partition coefficient (Wildman–Crippen LogP) is -0.445. The molecule has 0 aromatic carbocycles. The molecule has 0 atom stereocenters. The second kappa shape index (κ2) is 16.8. The summed E-state index contributed by atoms with van der Waals surface area (Å²) in [6.07, 6.45) is 4.89. The van der Waals surface area contributed by atoms with Crippen molar-refractivity contribution in [2.24, 2.45) is 11.8 Å². The molecule has 1 saturated heterocycles. The Bertz CT molecular complexity index is 451. The van der Waals surface area contributed by atoms with Gasteiger partial charge in [0.25, 0.3) is 0 Å². The first-order chi connectivity index (χ1) is 12.7. The average Bonchev–Trinajstić information content (AvgIpc) is 3.12. The molecule has 0 aromatic rings. The van der Waals surface area contributed by atoms with E-state index in [2.05, 4.69) is 0 Å². The Morgan fingerprint density at radius 1 is 1.17 bits per heavy atom. The van der Waals surface area contributed by atoms with E-state index in [9.17, 15) is 14.7 Å². The fourth-order valence-corrected chi connectivity index (χ4v) is 3.03. The molecule has 2 saturated carbocycles. The molecule has 0 amide bonds. The standard InChI is InChI=1S/C9H16O4.C7H12O2.C4H8O.CH3.BrH.Mg/c1-4-13-8(10)7-5-9(6-7,11-2)12-3;1-7(2,9)5-3-6(8)4-5;1-2-4-5-3-1;;;/h7H,4-6H2,1-3H3;5,9H,3-4H2,1-2H3;1-4H2;1H3;1H;/q;;;-1;;+2/p-1. The van der Waals surface area contributed by atoms with E-state index in [-0.39, 0.29) is 71.0 Å². The number of methoxy groups -OCH3 is 2. The third kappa shape index (κ3) is 11.7. The molecule has 7 nitrogen and oxygen atoms in total. The topological polar surface area (TPSA) is 91.3 Å². The van der Waals surface area contributed by atoms with E-state index in [1.165, 1.54) is 12.8 Å². The number of hydrogen-bond donors (Lipinski definition) is 1. The van der Waals surface area contributed by atoms with E-state index < -0.39 is 11.4 Å². The van der Waals surface area contributed by atoms with Gasteiger partial charge in [0, 0.05) is 59.0 Å². The summed E-state index contributed by atoms with van der Waals surface area (Å²) in [6.45, 7) is 7.74. The third-order valence-electron chi connectivity index (χ3n) is 5.25. The van der Waals surface area contributed by atoms with E-state index in [4.69, 9.17) is 18.9 Å². The van der Waals surface area contributed by atoms with Gasteiger partial charge >= 0.3 is 29.0 Å². The number of ketones is 1. The van der Waals surface area contributed by atoms with Crippen molar-refractivity contribution in [1.29, 1.82) is 0 Å². The first-order valence-corrected chi connectivity index (χ1v) is 9.76. The van der Waals surface area contributed by atoms with Crippen LogP contribution in [0.15, 0.2) is 0 Å². The molecule has 1 heterocycles. The van der Waals surface area contributed by atoms with Gasteiger partial charge in [-0.05, 0) is 33.6 Å². The summed E-state index contributed by atoms with van der Waals surface area (Å²) in [7, 11) is 3.18. The van der Waals surface area contributed by atoms with Gasteiger partial charge in [0.1, 0.15) is 5.78 Å². The number of rotatable bonds is 5. The van der Waals surface area contributed by atoms with Gasteiger partial charge in [0.2, 0.25) is 0 Å². The van der Waals surface area contributed by atoms with Crippen LogP contribution in [-0.2, 0) is 28.5 Å². The van der Waals surface area contributed by atoms with Crippen LogP contribution in [0.2, 0.25) is 0 Å². The minimum absolute atomic E-state index is 0. The monoisotopic (exact) mass is 506 g/mol. The summed E-state index contributed by atoms with van der Waals surface area (Å²) in [4.78, 5) is 21.7. The molecule has 3 rings (SSSR count). The van der Waals surface area contributed by atoms with E-state index in [0.29, 0.717) is 32.3 Å². The maximum atomic E-state index is 11.2. The van der Waals surface area contributed by atoms with Crippen molar-refractivity contribution in [2.75, 3.05) is 34.0 Å². The molecular weight excluding hydrogens is 468 g/mol. The molecule has 30 heavy (non-hydrogen) atoms. The molecule has 174 valence electrons. The molecule has 0 radical (unpaired) electrons. The van der Waals surface area contributed by atoms with E-state index >= 15 is 0 Å². The Hall–Kier alpha value is 0.226. The first kappa shape index (κ1) is 34.8. The maximum Gasteiger partial charge on any atom is 2.00 e. The smallest absolute Gasteiger partial charge is 1.00 e. The van der Waals surface area contributed by atoms with Crippen LogP contribution in [-0.4, -0.2) is 85.3 Å². The Kier molecular flexibility index (Phi) is 19.5. The van der Waals surface area contributed by atoms with Crippen molar-refractivity contribution in [1.82, 2.24) is 0 Å². The zero-order valence-corrected chi connectivity index (χ0v) is 22.5. The van der Waals surface area contributed by atoms with E-state index in [1.807, 2.05) is 0 Å². The van der Waals surface area contributed by atoms with Gasteiger partial charge in [-0.25, -0.2) is 0 Å². The first-order valence-electron chi connectivity index (χ1n) is 9.76. The normalized spacial score (nSPS) is 19.6.